The van der Waals surface area contributed by atoms with Crippen LogP contribution in [0.5, 0.6) is 0 Å². The van der Waals surface area contributed by atoms with Crippen molar-refractivity contribution < 1.29 is 19.1 Å². The molecular formula is C13H14O4. The Balaban J connectivity index is 2.70. The first kappa shape index (κ1) is 13.0. The molecule has 1 aromatic carbocycles. The molecule has 1 atom stereocenters. The van der Waals surface area contributed by atoms with E-state index in [4.69, 9.17) is 9.47 Å². The highest BCUT2D eigenvalue weighted by molar-refractivity contribution is 5.81. The molecule has 0 saturated heterocycles. The maximum atomic E-state index is 11.0. The van der Waals surface area contributed by atoms with Gasteiger partial charge in [-0.3, -0.25) is 4.79 Å². The summed E-state index contributed by atoms with van der Waals surface area (Å²) in [5, 5.41) is 0. The molecule has 0 amide bonds. The van der Waals surface area contributed by atoms with Gasteiger partial charge < -0.3 is 9.47 Å². The molecule has 17 heavy (non-hydrogen) atoms. The predicted octanol–water partition coefficient (Wildman–Crippen LogP) is 2.02. The van der Waals surface area contributed by atoms with Crippen molar-refractivity contribution in [1.82, 2.24) is 0 Å². The molecule has 0 aliphatic carbocycles. The first-order valence-electron chi connectivity index (χ1n) is 5.15. The highest BCUT2D eigenvalue weighted by Crippen LogP contribution is 2.17. The van der Waals surface area contributed by atoms with Crippen LogP contribution in [0.2, 0.25) is 0 Å². The van der Waals surface area contributed by atoms with Crippen LogP contribution in [-0.2, 0) is 19.1 Å². The van der Waals surface area contributed by atoms with Crippen LogP contribution in [0.1, 0.15) is 18.6 Å². The summed E-state index contributed by atoms with van der Waals surface area (Å²) in [6, 6.07) is 9.09. The minimum Gasteiger partial charge on any atom is -0.458 e. The van der Waals surface area contributed by atoms with Crippen LogP contribution in [0.25, 0.3) is 0 Å². The molecule has 1 unspecified atom stereocenters. The van der Waals surface area contributed by atoms with Crippen LogP contribution in [-0.4, -0.2) is 18.5 Å². The molecule has 4 heteroatoms. The monoisotopic (exact) mass is 234 g/mol. The van der Waals surface area contributed by atoms with E-state index in [1.54, 1.807) is 12.1 Å². The number of benzene rings is 1. The summed E-state index contributed by atoms with van der Waals surface area (Å²) in [4.78, 5) is 21.9. The third kappa shape index (κ3) is 4.51. The highest BCUT2D eigenvalue weighted by atomic mass is 16.6. The van der Waals surface area contributed by atoms with Crippen molar-refractivity contribution in [3.05, 3.63) is 48.6 Å². The molecule has 90 valence electrons. The second-order valence-corrected chi connectivity index (χ2v) is 3.34. The van der Waals surface area contributed by atoms with Gasteiger partial charge in [-0.05, 0) is 5.56 Å². The van der Waals surface area contributed by atoms with Gasteiger partial charge in [-0.1, -0.05) is 36.9 Å². The number of carbonyl (C=O) groups is 2. The Labute approximate surface area is 99.8 Å². The standard InChI is InChI=1S/C13H14O4/c1-3-13(15)16-9-12(17-10(2)14)11-7-5-4-6-8-11/h3-8,12H,1,9H2,2H3. The number of ether oxygens (including phenoxy) is 2. The fourth-order valence-corrected chi connectivity index (χ4v) is 1.28. The van der Waals surface area contributed by atoms with E-state index in [0.717, 1.165) is 11.6 Å². The molecule has 0 spiro atoms. The van der Waals surface area contributed by atoms with E-state index in [0.29, 0.717) is 0 Å². The Morgan fingerprint density at radius 2 is 2.00 bits per heavy atom. The van der Waals surface area contributed by atoms with Crippen LogP contribution in [0.4, 0.5) is 0 Å². The second kappa shape index (κ2) is 6.48. The van der Waals surface area contributed by atoms with Crippen molar-refractivity contribution in [2.24, 2.45) is 0 Å². The summed E-state index contributed by atoms with van der Waals surface area (Å²) in [5.74, 6) is -0.966. The van der Waals surface area contributed by atoms with Gasteiger partial charge in [0.05, 0.1) is 0 Å². The summed E-state index contributed by atoms with van der Waals surface area (Å²) in [6.07, 6.45) is 0.480. The molecule has 0 N–H and O–H groups in total. The van der Waals surface area contributed by atoms with Crippen molar-refractivity contribution in [3.8, 4) is 0 Å². The van der Waals surface area contributed by atoms with Gasteiger partial charge in [0.1, 0.15) is 6.61 Å². The highest BCUT2D eigenvalue weighted by Gasteiger charge is 2.16. The van der Waals surface area contributed by atoms with E-state index >= 15 is 0 Å². The number of hydrogen-bond donors (Lipinski definition) is 0. The average molecular weight is 234 g/mol. The zero-order chi connectivity index (χ0) is 12.7. The van der Waals surface area contributed by atoms with Crippen LogP contribution in [0, 0.1) is 0 Å². The molecule has 0 aliphatic rings. The minimum absolute atomic E-state index is 0.0194. The number of hydrogen-bond acceptors (Lipinski definition) is 4. The maximum Gasteiger partial charge on any atom is 0.330 e. The SMILES string of the molecule is C=CC(=O)OCC(OC(C)=O)c1ccccc1. The van der Waals surface area contributed by atoms with E-state index in [2.05, 4.69) is 6.58 Å². The lowest BCUT2D eigenvalue weighted by molar-refractivity contribution is -0.155. The largest absolute Gasteiger partial charge is 0.458 e. The van der Waals surface area contributed by atoms with E-state index in [1.165, 1.54) is 6.92 Å². The quantitative estimate of drug-likeness (QED) is 0.577. The Bertz CT molecular complexity index is 397. The minimum atomic E-state index is -0.586. The van der Waals surface area contributed by atoms with Gasteiger partial charge >= 0.3 is 11.9 Å². The van der Waals surface area contributed by atoms with Gasteiger partial charge in [-0.25, -0.2) is 4.79 Å². The van der Waals surface area contributed by atoms with Gasteiger partial charge in [0.15, 0.2) is 6.10 Å². The molecule has 1 rings (SSSR count). The van der Waals surface area contributed by atoms with Gasteiger partial charge in [0.2, 0.25) is 0 Å². The molecule has 0 aromatic heterocycles. The Kier molecular flexibility index (Phi) is 4.94. The molecule has 0 heterocycles. The van der Waals surface area contributed by atoms with Crippen LogP contribution in [0.15, 0.2) is 43.0 Å². The zero-order valence-corrected chi connectivity index (χ0v) is 9.59. The second-order valence-electron chi connectivity index (χ2n) is 3.34. The maximum absolute atomic E-state index is 11.0. The molecule has 1 aromatic rings. The Morgan fingerprint density at radius 3 is 2.53 bits per heavy atom. The lowest BCUT2D eigenvalue weighted by atomic mass is 10.1. The van der Waals surface area contributed by atoms with Crippen LogP contribution in [0.3, 0.4) is 0 Å². The van der Waals surface area contributed by atoms with Crippen molar-refractivity contribution >= 4 is 11.9 Å². The van der Waals surface area contributed by atoms with Gasteiger partial charge in [0.25, 0.3) is 0 Å². The molecule has 4 nitrogen and oxygen atoms in total. The predicted molar refractivity (Wildman–Crippen MR) is 62.1 cm³/mol. The zero-order valence-electron chi connectivity index (χ0n) is 9.59. The van der Waals surface area contributed by atoms with Crippen molar-refractivity contribution in [2.75, 3.05) is 6.61 Å². The lowest BCUT2D eigenvalue weighted by Crippen LogP contribution is -2.16. The summed E-state index contributed by atoms with van der Waals surface area (Å²) in [6.45, 7) is 4.58. The van der Waals surface area contributed by atoms with Crippen molar-refractivity contribution in [3.63, 3.8) is 0 Å². The number of esters is 2. The van der Waals surface area contributed by atoms with Crippen molar-refractivity contribution in [2.45, 2.75) is 13.0 Å². The van der Waals surface area contributed by atoms with Gasteiger partial charge in [-0.2, -0.15) is 0 Å². The summed E-state index contributed by atoms with van der Waals surface area (Å²) >= 11 is 0. The summed E-state index contributed by atoms with van der Waals surface area (Å²) < 4.78 is 9.96. The molecule has 0 aliphatic heterocycles. The van der Waals surface area contributed by atoms with Crippen LogP contribution < -0.4 is 0 Å². The molecule has 0 radical (unpaired) electrons. The fourth-order valence-electron chi connectivity index (χ4n) is 1.28. The normalized spacial score (nSPS) is 11.4. The molecule has 0 bridgehead atoms. The molecule has 0 saturated carbocycles. The van der Waals surface area contributed by atoms with Gasteiger partial charge in [0, 0.05) is 13.0 Å². The third-order valence-corrected chi connectivity index (χ3v) is 2.02. The van der Waals surface area contributed by atoms with E-state index in [1.807, 2.05) is 18.2 Å². The summed E-state index contributed by atoms with van der Waals surface area (Å²) in [5.41, 5.74) is 0.777. The van der Waals surface area contributed by atoms with Gasteiger partial charge in [-0.15, -0.1) is 0 Å². The first-order valence-corrected chi connectivity index (χ1v) is 5.15. The van der Waals surface area contributed by atoms with Crippen LogP contribution >= 0.6 is 0 Å². The first-order chi connectivity index (χ1) is 8.13. The number of carbonyl (C=O) groups excluding carboxylic acids is 2. The average Bonchev–Trinajstić information content (AvgIpc) is 2.34. The molecule has 0 fully saturated rings. The Hall–Kier alpha value is -2.10. The topological polar surface area (TPSA) is 52.6 Å². The Morgan fingerprint density at radius 1 is 1.35 bits per heavy atom. The smallest absolute Gasteiger partial charge is 0.330 e. The van der Waals surface area contributed by atoms with E-state index < -0.39 is 18.0 Å². The number of rotatable bonds is 5. The van der Waals surface area contributed by atoms with E-state index in [-0.39, 0.29) is 6.61 Å². The fraction of sp³-hybridized carbons (Fsp3) is 0.231. The molecular weight excluding hydrogens is 220 g/mol. The van der Waals surface area contributed by atoms with E-state index in [9.17, 15) is 9.59 Å². The third-order valence-electron chi connectivity index (χ3n) is 2.02. The summed E-state index contributed by atoms with van der Waals surface area (Å²) in [7, 11) is 0. The lowest BCUT2D eigenvalue weighted by Gasteiger charge is -2.16. The van der Waals surface area contributed by atoms with Crippen molar-refractivity contribution in [1.29, 1.82) is 0 Å².